The number of carbonyl (C=O) groups is 2. The van der Waals surface area contributed by atoms with Crippen molar-refractivity contribution in [3.63, 3.8) is 0 Å². The molecule has 218 valence electrons. The fourth-order valence-corrected chi connectivity index (χ4v) is 6.84. The molecule has 2 N–H and O–H groups in total. The molecule has 2 aromatic heterocycles. The molecule has 1 atom stereocenters. The number of halogens is 3. The van der Waals surface area contributed by atoms with E-state index >= 15 is 0 Å². The molecular weight excluding hydrogens is 565 g/mol. The molecule has 1 aliphatic heterocycles. The largest absolute Gasteiger partial charge is 0.444 e. The van der Waals surface area contributed by atoms with Crippen LogP contribution in [0.4, 0.5) is 23.0 Å². The normalized spacial score (nSPS) is 15.8. The molecule has 0 radical (unpaired) electrons. The van der Waals surface area contributed by atoms with Gasteiger partial charge in [0.05, 0.1) is 28.4 Å². The van der Waals surface area contributed by atoms with Gasteiger partial charge in [-0.2, -0.15) is 13.2 Å². The van der Waals surface area contributed by atoms with Gasteiger partial charge in [-0.25, -0.2) is 9.78 Å². The molecule has 0 saturated heterocycles. The molecule has 3 heterocycles. The number of amides is 2. The second-order valence-corrected chi connectivity index (χ2v) is 12.6. The topological polar surface area (TPSA) is 92.8 Å². The Balaban J connectivity index is 1.69. The number of hydrogen-bond donors (Lipinski definition) is 2. The molecule has 2 amide bonds. The first-order valence-corrected chi connectivity index (χ1v) is 14.5. The third kappa shape index (κ3) is 6.93. The average Bonchev–Trinajstić information content (AvgIpc) is 3.43. The number of thiophene rings is 1. The number of ether oxygens (including phenoxy) is 2. The van der Waals surface area contributed by atoms with Crippen molar-refractivity contribution in [2.75, 3.05) is 38.7 Å². The lowest BCUT2D eigenvalue weighted by Gasteiger charge is -2.35. The number of carbonyl (C=O) groups excluding carboxylic acids is 2. The van der Waals surface area contributed by atoms with Crippen LogP contribution in [0.3, 0.4) is 0 Å². The van der Waals surface area contributed by atoms with Gasteiger partial charge in [-0.1, -0.05) is 0 Å². The van der Waals surface area contributed by atoms with Crippen LogP contribution in [0, 0.1) is 0 Å². The summed E-state index contributed by atoms with van der Waals surface area (Å²) in [4.78, 5) is 32.9. The first kappa shape index (κ1) is 30.2. The van der Waals surface area contributed by atoms with E-state index in [9.17, 15) is 22.8 Å². The molecule has 0 bridgehead atoms. The molecule has 0 spiro atoms. The van der Waals surface area contributed by atoms with E-state index in [1.807, 2.05) is 27.7 Å². The van der Waals surface area contributed by atoms with E-state index in [1.165, 1.54) is 28.7 Å². The predicted molar refractivity (Wildman–Crippen MR) is 151 cm³/mol. The van der Waals surface area contributed by atoms with Crippen molar-refractivity contribution in [1.82, 2.24) is 15.2 Å². The summed E-state index contributed by atoms with van der Waals surface area (Å²) in [6.45, 7) is 9.33. The van der Waals surface area contributed by atoms with Crippen molar-refractivity contribution >= 4 is 49.9 Å². The number of nitrogens with zero attached hydrogens (tertiary/aromatic N) is 2. The Bertz CT molecular complexity index is 1380. The van der Waals surface area contributed by atoms with Gasteiger partial charge in [0.2, 0.25) is 5.91 Å². The van der Waals surface area contributed by atoms with Gasteiger partial charge in [0.1, 0.15) is 15.6 Å². The third-order valence-corrected chi connectivity index (χ3v) is 8.68. The highest BCUT2D eigenvalue weighted by molar-refractivity contribution is 7.23. The molecule has 0 fully saturated rings. The van der Waals surface area contributed by atoms with Crippen LogP contribution in [0.5, 0.6) is 0 Å². The van der Waals surface area contributed by atoms with Crippen LogP contribution >= 0.6 is 22.7 Å². The summed E-state index contributed by atoms with van der Waals surface area (Å²) < 4.78 is 51.2. The Labute approximate surface area is 238 Å². The Morgan fingerprint density at radius 2 is 1.93 bits per heavy atom. The van der Waals surface area contributed by atoms with Crippen molar-refractivity contribution in [3.8, 4) is 10.6 Å². The van der Waals surface area contributed by atoms with Crippen LogP contribution in [0.1, 0.15) is 56.2 Å². The number of aromatic nitrogens is 1. The molecule has 1 unspecified atom stereocenters. The zero-order chi connectivity index (χ0) is 29.2. The van der Waals surface area contributed by atoms with Gasteiger partial charge in [0, 0.05) is 43.6 Å². The maximum absolute atomic E-state index is 13.3. The minimum absolute atomic E-state index is 0.207. The van der Waals surface area contributed by atoms with E-state index in [0.717, 1.165) is 22.6 Å². The number of anilines is 1. The number of benzene rings is 1. The van der Waals surface area contributed by atoms with Crippen molar-refractivity contribution in [1.29, 1.82) is 0 Å². The van der Waals surface area contributed by atoms with E-state index in [2.05, 4.69) is 15.6 Å². The van der Waals surface area contributed by atoms with E-state index in [0.29, 0.717) is 52.9 Å². The van der Waals surface area contributed by atoms with E-state index in [1.54, 1.807) is 12.0 Å². The molecule has 13 heteroatoms. The fourth-order valence-electron chi connectivity index (χ4n) is 4.42. The zero-order valence-corrected chi connectivity index (χ0v) is 24.7. The molecule has 1 aliphatic rings. The molecule has 1 aromatic carbocycles. The van der Waals surface area contributed by atoms with Crippen LogP contribution in [0.15, 0.2) is 18.2 Å². The maximum Gasteiger partial charge on any atom is 0.416 e. The second-order valence-electron chi connectivity index (χ2n) is 10.5. The van der Waals surface area contributed by atoms with Crippen molar-refractivity contribution in [2.45, 2.75) is 58.4 Å². The molecule has 4 rings (SSSR count). The minimum atomic E-state index is -4.48. The molecule has 8 nitrogen and oxygen atoms in total. The zero-order valence-electron chi connectivity index (χ0n) is 23.0. The molecule has 3 aromatic rings. The van der Waals surface area contributed by atoms with Crippen molar-refractivity contribution < 1.29 is 32.2 Å². The SMILES string of the molecule is COCCNCCC(=O)Nc1sc2c(c1-c1nc3cc(C(F)(F)F)ccc3s1)CCN(C(=O)OC(C)(C)C)C2C. The Morgan fingerprint density at radius 3 is 2.60 bits per heavy atom. The predicted octanol–water partition coefficient (Wildman–Crippen LogP) is 6.46. The Hall–Kier alpha value is -2.74. The van der Waals surface area contributed by atoms with Gasteiger partial charge in [0.25, 0.3) is 0 Å². The molecule has 0 saturated carbocycles. The molecule has 40 heavy (non-hydrogen) atoms. The summed E-state index contributed by atoms with van der Waals surface area (Å²) in [5.74, 6) is -0.207. The number of methoxy groups -OCH3 is 1. The molecule has 0 aliphatic carbocycles. The standard InChI is InChI=1S/C27H33F3N4O4S2/c1-15-22-17(9-12-34(15)25(36)38-26(2,3)4)21(24(40-22)33-20(35)8-10-31-11-13-37-5)23-32-18-14-16(27(28,29)30)6-7-19(18)39-23/h6-7,14-15,31H,8-13H2,1-5H3,(H,33,35). The first-order chi connectivity index (χ1) is 18.8. The number of nitrogens with one attached hydrogen (secondary N) is 2. The summed E-state index contributed by atoms with van der Waals surface area (Å²) >= 11 is 2.64. The van der Waals surface area contributed by atoms with Gasteiger partial charge in [-0.15, -0.1) is 22.7 Å². The lowest BCUT2D eigenvalue weighted by atomic mass is 9.98. The summed E-state index contributed by atoms with van der Waals surface area (Å²) in [5.41, 5.74) is 0.464. The van der Waals surface area contributed by atoms with Crippen LogP contribution in [-0.4, -0.2) is 60.8 Å². The van der Waals surface area contributed by atoms with Gasteiger partial charge in [0.15, 0.2) is 0 Å². The van der Waals surface area contributed by atoms with Gasteiger partial charge in [-0.3, -0.25) is 4.79 Å². The van der Waals surface area contributed by atoms with E-state index in [-0.39, 0.29) is 23.9 Å². The number of fused-ring (bicyclic) bond motifs is 2. The summed E-state index contributed by atoms with van der Waals surface area (Å²) in [6.07, 6.45) is -4.19. The summed E-state index contributed by atoms with van der Waals surface area (Å²) in [6, 6.07) is 3.20. The number of alkyl halides is 3. The first-order valence-electron chi connectivity index (χ1n) is 12.9. The molecular formula is C27H33F3N4O4S2. The number of hydrogen-bond acceptors (Lipinski definition) is 8. The van der Waals surface area contributed by atoms with Crippen molar-refractivity contribution in [2.24, 2.45) is 0 Å². The monoisotopic (exact) mass is 598 g/mol. The fraction of sp³-hybridized carbons (Fsp3) is 0.519. The highest BCUT2D eigenvalue weighted by Crippen LogP contribution is 2.49. The highest BCUT2D eigenvalue weighted by Gasteiger charge is 2.36. The third-order valence-electron chi connectivity index (χ3n) is 6.31. The average molecular weight is 599 g/mol. The van der Waals surface area contributed by atoms with Crippen LogP contribution < -0.4 is 10.6 Å². The lowest BCUT2D eigenvalue weighted by molar-refractivity contribution is -0.137. The Morgan fingerprint density at radius 1 is 1.18 bits per heavy atom. The van der Waals surface area contributed by atoms with Gasteiger partial charge >= 0.3 is 12.3 Å². The maximum atomic E-state index is 13.3. The number of thiazole rings is 1. The van der Waals surface area contributed by atoms with Crippen LogP contribution in [0.2, 0.25) is 0 Å². The number of rotatable bonds is 8. The van der Waals surface area contributed by atoms with Crippen LogP contribution in [-0.2, 0) is 26.9 Å². The lowest BCUT2D eigenvalue weighted by Crippen LogP contribution is -2.41. The van der Waals surface area contributed by atoms with Gasteiger partial charge in [-0.05, 0) is 57.9 Å². The smallest absolute Gasteiger partial charge is 0.416 e. The summed E-state index contributed by atoms with van der Waals surface area (Å²) in [7, 11) is 1.60. The summed E-state index contributed by atoms with van der Waals surface area (Å²) in [5, 5.41) is 7.23. The minimum Gasteiger partial charge on any atom is -0.444 e. The van der Waals surface area contributed by atoms with Gasteiger partial charge < -0.3 is 25.0 Å². The van der Waals surface area contributed by atoms with Crippen LogP contribution in [0.25, 0.3) is 20.8 Å². The van der Waals surface area contributed by atoms with E-state index in [4.69, 9.17) is 9.47 Å². The Kier molecular flexibility index (Phi) is 9.08. The van der Waals surface area contributed by atoms with Crippen molar-refractivity contribution in [3.05, 3.63) is 34.2 Å². The second kappa shape index (κ2) is 12.0. The highest BCUT2D eigenvalue weighted by atomic mass is 32.1. The van der Waals surface area contributed by atoms with E-state index < -0.39 is 23.4 Å². The quantitative estimate of drug-likeness (QED) is 0.289.